The van der Waals surface area contributed by atoms with Crippen molar-refractivity contribution in [2.24, 2.45) is 0 Å². The van der Waals surface area contributed by atoms with E-state index in [2.05, 4.69) is 29.3 Å². The largest absolute Gasteiger partial charge is 0.460 e. The molecule has 7 nitrogen and oxygen atoms in total. The van der Waals surface area contributed by atoms with Crippen molar-refractivity contribution >= 4 is 20.6 Å². The van der Waals surface area contributed by atoms with E-state index in [0.717, 1.165) is 9.88 Å². The van der Waals surface area contributed by atoms with Gasteiger partial charge in [0.2, 0.25) is 0 Å². The van der Waals surface area contributed by atoms with Gasteiger partial charge in [-0.25, -0.2) is 24.0 Å². The standard InChI is InChI=1S/C18H19FN5O2PS/c1-18(19,27)10-26-17-21-6-12(7-22-17)14-4-5-15(25)24(23-14)9-13-8-20-16(28-13)11-2-3-11/h4-8,11H,2-3,9-10,27H2,1H3. The van der Waals surface area contributed by atoms with Crippen LogP contribution in [0, 0.1) is 0 Å². The summed E-state index contributed by atoms with van der Waals surface area (Å²) in [5.41, 5.74) is 1.02. The van der Waals surface area contributed by atoms with Gasteiger partial charge in [0.1, 0.15) is 6.61 Å². The summed E-state index contributed by atoms with van der Waals surface area (Å²) in [5.74, 6) is 0.592. The number of hydrogen-bond donors (Lipinski definition) is 0. The van der Waals surface area contributed by atoms with Crippen LogP contribution in [0.25, 0.3) is 11.3 Å². The third-order valence-electron chi connectivity index (χ3n) is 4.08. The van der Waals surface area contributed by atoms with Crippen molar-refractivity contribution in [3.05, 3.63) is 51.0 Å². The molecule has 0 bridgehead atoms. The zero-order valence-electron chi connectivity index (χ0n) is 15.2. The Balaban J connectivity index is 1.50. The van der Waals surface area contributed by atoms with Crippen LogP contribution in [0.1, 0.15) is 35.6 Å². The van der Waals surface area contributed by atoms with Gasteiger partial charge in [0.05, 0.1) is 17.2 Å². The predicted molar refractivity (Wildman–Crippen MR) is 107 cm³/mol. The van der Waals surface area contributed by atoms with E-state index in [1.807, 2.05) is 6.20 Å². The molecule has 1 aliphatic carbocycles. The van der Waals surface area contributed by atoms with E-state index in [9.17, 15) is 9.18 Å². The van der Waals surface area contributed by atoms with Gasteiger partial charge in [0, 0.05) is 41.0 Å². The summed E-state index contributed by atoms with van der Waals surface area (Å²) >= 11 is 1.63. The molecular formula is C18H19FN5O2PS. The Hall–Kier alpha value is -2.25. The Morgan fingerprint density at radius 1 is 1.29 bits per heavy atom. The summed E-state index contributed by atoms with van der Waals surface area (Å²) < 4.78 is 20.1. The van der Waals surface area contributed by atoms with Crippen molar-refractivity contribution in [2.45, 2.75) is 37.6 Å². The molecule has 2 atom stereocenters. The first-order valence-electron chi connectivity index (χ1n) is 8.83. The lowest BCUT2D eigenvalue weighted by molar-refractivity contribution is 0.172. The number of nitrogens with zero attached hydrogens (tertiary/aromatic N) is 5. The molecule has 1 saturated carbocycles. The molecule has 1 aliphatic rings. The molecule has 0 spiro atoms. The topological polar surface area (TPSA) is 82.8 Å². The third kappa shape index (κ3) is 4.77. The molecule has 10 heteroatoms. The lowest BCUT2D eigenvalue weighted by Crippen LogP contribution is -2.22. The number of ether oxygens (including phenoxy) is 1. The van der Waals surface area contributed by atoms with Crippen LogP contribution in [-0.4, -0.2) is 36.7 Å². The van der Waals surface area contributed by atoms with E-state index in [0.29, 0.717) is 23.7 Å². The first-order valence-corrected chi connectivity index (χ1v) is 10.2. The van der Waals surface area contributed by atoms with Crippen LogP contribution in [-0.2, 0) is 6.54 Å². The van der Waals surface area contributed by atoms with Crippen molar-refractivity contribution < 1.29 is 9.13 Å². The first-order chi connectivity index (χ1) is 13.4. The molecule has 2 unspecified atom stereocenters. The summed E-state index contributed by atoms with van der Waals surface area (Å²) in [6.45, 7) is 1.59. The van der Waals surface area contributed by atoms with E-state index in [1.54, 1.807) is 17.4 Å². The molecule has 0 saturated heterocycles. The van der Waals surface area contributed by atoms with E-state index < -0.39 is 5.41 Å². The predicted octanol–water partition coefficient (Wildman–Crippen LogP) is 3.02. The van der Waals surface area contributed by atoms with Gasteiger partial charge in [-0.1, -0.05) is 9.24 Å². The second kappa shape index (κ2) is 7.64. The number of alkyl halides is 1. The van der Waals surface area contributed by atoms with E-state index >= 15 is 0 Å². The van der Waals surface area contributed by atoms with Crippen LogP contribution >= 0.6 is 20.6 Å². The minimum Gasteiger partial charge on any atom is -0.460 e. The fourth-order valence-electron chi connectivity index (χ4n) is 2.51. The van der Waals surface area contributed by atoms with Gasteiger partial charge in [0.25, 0.3) is 5.56 Å². The highest BCUT2D eigenvalue weighted by Crippen LogP contribution is 2.41. The summed E-state index contributed by atoms with van der Waals surface area (Å²) in [6.07, 6.45) is 7.29. The Kier molecular flexibility index (Phi) is 5.21. The van der Waals surface area contributed by atoms with Gasteiger partial charge in [-0.15, -0.1) is 11.3 Å². The van der Waals surface area contributed by atoms with Crippen LogP contribution in [0.5, 0.6) is 6.01 Å². The fraction of sp³-hybridized carbons (Fsp3) is 0.389. The lowest BCUT2D eigenvalue weighted by Gasteiger charge is -2.13. The second-order valence-electron chi connectivity index (χ2n) is 6.97. The quantitative estimate of drug-likeness (QED) is 0.548. The number of hydrogen-bond acceptors (Lipinski definition) is 7. The number of aromatic nitrogens is 5. The molecule has 0 amide bonds. The highest BCUT2D eigenvalue weighted by atomic mass is 32.1. The van der Waals surface area contributed by atoms with Crippen LogP contribution in [0.2, 0.25) is 0 Å². The van der Waals surface area contributed by atoms with E-state index in [-0.39, 0.29) is 18.2 Å². The van der Waals surface area contributed by atoms with Gasteiger partial charge >= 0.3 is 6.01 Å². The van der Waals surface area contributed by atoms with Crippen LogP contribution in [0.15, 0.2) is 35.5 Å². The minimum atomic E-state index is -1.55. The van der Waals surface area contributed by atoms with Crippen molar-refractivity contribution in [2.75, 3.05) is 6.61 Å². The lowest BCUT2D eigenvalue weighted by atomic mass is 10.2. The number of rotatable bonds is 7. The Morgan fingerprint density at radius 3 is 2.71 bits per heavy atom. The van der Waals surface area contributed by atoms with Crippen molar-refractivity contribution in [3.8, 4) is 17.3 Å². The first kappa shape index (κ1) is 19.1. The molecule has 4 rings (SSSR count). The summed E-state index contributed by atoms with van der Waals surface area (Å²) in [5, 5.41) is 4.01. The molecule has 0 aromatic carbocycles. The highest BCUT2D eigenvalue weighted by molar-refractivity contribution is 7.18. The summed E-state index contributed by atoms with van der Waals surface area (Å²) in [6, 6.07) is 3.18. The highest BCUT2D eigenvalue weighted by Gasteiger charge is 2.26. The van der Waals surface area contributed by atoms with Gasteiger partial charge in [-0.2, -0.15) is 5.10 Å². The molecule has 0 N–H and O–H groups in total. The summed E-state index contributed by atoms with van der Waals surface area (Å²) in [7, 11) is 2.06. The zero-order valence-corrected chi connectivity index (χ0v) is 17.2. The summed E-state index contributed by atoms with van der Waals surface area (Å²) in [4.78, 5) is 25.8. The van der Waals surface area contributed by atoms with Gasteiger partial charge in [-0.3, -0.25) is 4.79 Å². The fourth-order valence-corrected chi connectivity index (χ4v) is 3.66. The Morgan fingerprint density at radius 2 is 2.04 bits per heavy atom. The molecule has 0 radical (unpaired) electrons. The maximum Gasteiger partial charge on any atom is 0.316 e. The Labute approximate surface area is 167 Å². The average Bonchev–Trinajstić information content (AvgIpc) is 3.41. The van der Waals surface area contributed by atoms with Crippen LogP contribution < -0.4 is 10.3 Å². The Bertz CT molecular complexity index is 1030. The molecular weight excluding hydrogens is 400 g/mol. The molecule has 3 aromatic heterocycles. The van der Waals surface area contributed by atoms with E-state index in [4.69, 9.17) is 4.74 Å². The van der Waals surface area contributed by atoms with Crippen LogP contribution in [0.4, 0.5) is 4.39 Å². The molecule has 146 valence electrons. The minimum absolute atomic E-state index is 0.0839. The molecule has 0 aliphatic heterocycles. The van der Waals surface area contributed by atoms with Gasteiger partial charge < -0.3 is 4.74 Å². The third-order valence-corrected chi connectivity index (χ3v) is 5.39. The molecule has 28 heavy (non-hydrogen) atoms. The zero-order chi connectivity index (χ0) is 19.7. The number of thiazole rings is 1. The normalized spacial score (nSPS) is 16.0. The van der Waals surface area contributed by atoms with Crippen molar-refractivity contribution in [3.63, 3.8) is 0 Å². The van der Waals surface area contributed by atoms with Crippen LogP contribution in [0.3, 0.4) is 0 Å². The maximum atomic E-state index is 13.5. The monoisotopic (exact) mass is 419 g/mol. The number of halogens is 1. The van der Waals surface area contributed by atoms with Gasteiger partial charge in [0.15, 0.2) is 5.41 Å². The maximum absolute atomic E-state index is 13.5. The van der Waals surface area contributed by atoms with E-state index in [1.165, 1.54) is 42.9 Å². The van der Waals surface area contributed by atoms with Crippen molar-refractivity contribution in [1.29, 1.82) is 0 Å². The second-order valence-corrected chi connectivity index (χ2v) is 9.33. The van der Waals surface area contributed by atoms with Gasteiger partial charge in [-0.05, 0) is 25.8 Å². The smallest absolute Gasteiger partial charge is 0.316 e. The SMILES string of the molecule is CC(F)(P)COc1ncc(-c2ccc(=O)n(Cc3cnc(C4CC4)s3)n2)cn1. The average molecular weight is 419 g/mol. The van der Waals surface area contributed by atoms with Crippen molar-refractivity contribution in [1.82, 2.24) is 24.7 Å². The molecule has 3 heterocycles. The molecule has 1 fully saturated rings. The molecule has 3 aromatic rings.